The van der Waals surface area contributed by atoms with E-state index in [9.17, 15) is 4.79 Å². The first-order chi connectivity index (χ1) is 14.1. The van der Waals surface area contributed by atoms with Gasteiger partial charge >= 0.3 is 0 Å². The number of amides is 1. The molecule has 0 spiro atoms. The molecule has 2 heterocycles. The van der Waals surface area contributed by atoms with Crippen molar-refractivity contribution in [3.63, 3.8) is 0 Å². The highest BCUT2D eigenvalue weighted by molar-refractivity contribution is 5.83. The highest BCUT2D eigenvalue weighted by Crippen LogP contribution is 2.26. The topological polar surface area (TPSA) is 57.4 Å². The van der Waals surface area contributed by atoms with Crippen molar-refractivity contribution in [3.8, 4) is 0 Å². The molecule has 3 aromatic rings. The van der Waals surface area contributed by atoms with Gasteiger partial charge in [0, 0.05) is 36.7 Å². The summed E-state index contributed by atoms with van der Waals surface area (Å²) in [6.07, 6.45) is 2.94. The molecule has 1 aromatic heterocycles. The largest absolute Gasteiger partial charge is 0.368 e. The molecule has 5 heteroatoms. The van der Waals surface area contributed by atoms with E-state index in [4.69, 9.17) is 4.74 Å². The first-order valence-corrected chi connectivity index (χ1v) is 10.4. The normalized spacial score (nSPS) is 21.2. The molecule has 0 aliphatic carbocycles. The Morgan fingerprint density at radius 3 is 2.76 bits per heavy atom. The zero-order valence-electron chi connectivity index (χ0n) is 17.1. The number of carbonyl (C=O) groups excluding carboxylic acids is 1. The summed E-state index contributed by atoms with van der Waals surface area (Å²) in [5.74, 6) is 0.0748. The summed E-state index contributed by atoms with van der Waals surface area (Å²) < 4.78 is 6.13. The summed E-state index contributed by atoms with van der Waals surface area (Å²) >= 11 is 0. The number of ether oxygens (including phenoxy) is 1. The molecule has 4 rings (SSSR count). The number of aromatic amines is 1. The molecular formula is C24H29N3O2. The smallest absolute Gasteiger partial charge is 0.237 e. The lowest BCUT2D eigenvalue weighted by molar-refractivity contribution is -0.133. The van der Waals surface area contributed by atoms with Crippen molar-refractivity contribution < 1.29 is 9.53 Å². The summed E-state index contributed by atoms with van der Waals surface area (Å²) in [5, 5.41) is 4.34. The first kappa shape index (κ1) is 19.7. The Morgan fingerprint density at radius 1 is 1.17 bits per heavy atom. The van der Waals surface area contributed by atoms with Crippen molar-refractivity contribution in [2.75, 3.05) is 19.6 Å². The molecule has 0 bridgehead atoms. The van der Waals surface area contributed by atoms with Crippen molar-refractivity contribution >= 4 is 16.8 Å². The number of hydrogen-bond donors (Lipinski definition) is 2. The van der Waals surface area contributed by atoms with Gasteiger partial charge < -0.3 is 15.0 Å². The van der Waals surface area contributed by atoms with Crippen LogP contribution in [0.3, 0.4) is 0 Å². The number of nitrogens with zero attached hydrogens (tertiary/aromatic N) is 1. The van der Waals surface area contributed by atoms with Gasteiger partial charge in [-0.15, -0.1) is 0 Å². The van der Waals surface area contributed by atoms with E-state index in [1.54, 1.807) is 0 Å². The number of aromatic nitrogens is 1. The molecule has 1 aliphatic heterocycles. The van der Waals surface area contributed by atoms with E-state index in [1.807, 2.05) is 43.5 Å². The molecule has 0 radical (unpaired) electrons. The minimum Gasteiger partial charge on any atom is -0.368 e. The van der Waals surface area contributed by atoms with Gasteiger partial charge in [-0.3, -0.25) is 9.69 Å². The molecule has 5 nitrogen and oxygen atoms in total. The second kappa shape index (κ2) is 8.80. The number of nitrogens with one attached hydrogen (secondary N) is 2. The lowest BCUT2D eigenvalue weighted by Gasteiger charge is -2.39. The molecule has 1 saturated heterocycles. The Kier molecular flexibility index (Phi) is 5.97. The fraction of sp³-hybridized carbons (Fsp3) is 0.375. The maximum absolute atomic E-state index is 12.8. The second-order valence-corrected chi connectivity index (χ2v) is 7.88. The summed E-state index contributed by atoms with van der Waals surface area (Å²) in [6.45, 7) is 6.18. The first-order valence-electron chi connectivity index (χ1n) is 10.4. The Labute approximate surface area is 172 Å². The third kappa shape index (κ3) is 4.52. The van der Waals surface area contributed by atoms with Crippen LogP contribution < -0.4 is 5.32 Å². The molecule has 29 heavy (non-hydrogen) atoms. The molecule has 152 valence electrons. The number of carbonyl (C=O) groups is 1. The van der Waals surface area contributed by atoms with Crippen LogP contribution in [0, 0.1) is 0 Å². The van der Waals surface area contributed by atoms with E-state index in [0.29, 0.717) is 6.54 Å². The zero-order valence-corrected chi connectivity index (χ0v) is 17.1. The Balaban J connectivity index is 1.33. The average molecular weight is 392 g/mol. The van der Waals surface area contributed by atoms with Crippen LogP contribution >= 0.6 is 0 Å². The summed E-state index contributed by atoms with van der Waals surface area (Å²) in [5.41, 5.74) is 3.53. The molecule has 1 aliphatic rings. The van der Waals surface area contributed by atoms with Gasteiger partial charge in [-0.2, -0.15) is 0 Å². The third-order valence-corrected chi connectivity index (χ3v) is 5.76. The maximum atomic E-state index is 12.8. The fourth-order valence-corrected chi connectivity index (χ4v) is 4.12. The van der Waals surface area contributed by atoms with Gasteiger partial charge in [0.1, 0.15) is 0 Å². The number of fused-ring (bicyclic) bond motifs is 1. The summed E-state index contributed by atoms with van der Waals surface area (Å²) in [7, 11) is 0. The highest BCUT2D eigenvalue weighted by Gasteiger charge is 2.31. The molecule has 1 fully saturated rings. The number of H-pyrrole nitrogens is 1. The lowest BCUT2D eigenvalue weighted by atomic mass is 10.0. The summed E-state index contributed by atoms with van der Waals surface area (Å²) in [4.78, 5) is 18.3. The SMILES string of the molecule is CC1CN(C(C)C(=O)NCCc2c[nH]c3ccccc23)CC(c2ccccc2)O1. The van der Waals surface area contributed by atoms with Crippen molar-refractivity contribution in [2.24, 2.45) is 0 Å². The fourth-order valence-electron chi connectivity index (χ4n) is 4.12. The number of morpholine rings is 1. The van der Waals surface area contributed by atoms with Crippen molar-refractivity contribution in [3.05, 3.63) is 71.9 Å². The van der Waals surface area contributed by atoms with Crippen LogP contribution in [0.25, 0.3) is 10.9 Å². The van der Waals surface area contributed by atoms with E-state index in [0.717, 1.165) is 30.6 Å². The molecule has 3 unspecified atom stereocenters. The minimum absolute atomic E-state index is 0.00132. The third-order valence-electron chi connectivity index (χ3n) is 5.76. The number of para-hydroxylation sites is 1. The van der Waals surface area contributed by atoms with Crippen molar-refractivity contribution in [1.29, 1.82) is 0 Å². The van der Waals surface area contributed by atoms with E-state index in [1.165, 1.54) is 10.9 Å². The Hall–Kier alpha value is -2.63. The van der Waals surface area contributed by atoms with E-state index in [-0.39, 0.29) is 24.2 Å². The van der Waals surface area contributed by atoms with Gasteiger partial charge in [-0.25, -0.2) is 0 Å². The van der Waals surface area contributed by atoms with Gasteiger partial charge in [-0.05, 0) is 37.5 Å². The number of benzene rings is 2. The second-order valence-electron chi connectivity index (χ2n) is 7.88. The standard InChI is InChI=1S/C24H29N3O2/c1-17-15-27(16-23(29-17)19-8-4-3-5-9-19)18(2)24(28)25-13-12-20-14-26-22-11-7-6-10-21(20)22/h3-11,14,17-18,23,26H,12-13,15-16H2,1-2H3,(H,25,28). The minimum atomic E-state index is -0.185. The molecule has 1 amide bonds. The van der Waals surface area contributed by atoms with Crippen LogP contribution in [0.2, 0.25) is 0 Å². The van der Waals surface area contributed by atoms with Crippen LogP contribution in [-0.4, -0.2) is 47.6 Å². The van der Waals surface area contributed by atoms with Crippen molar-refractivity contribution in [2.45, 2.75) is 38.5 Å². The van der Waals surface area contributed by atoms with E-state index < -0.39 is 0 Å². The van der Waals surface area contributed by atoms with Gasteiger partial charge in [0.25, 0.3) is 0 Å². The van der Waals surface area contributed by atoms with Crippen LogP contribution in [0.1, 0.15) is 31.1 Å². The van der Waals surface area contributed by atoms with Gasteiger partial charge in [-0.1, -0.05) is 48.5 Å². The van der Waals surface area contributed by atoms with Gasteiger partial charge in [0.05, 0.1) is 18.2 Å². The van der Waals surface area contributed by atoms with Crippen LogP contribution in [0.15, 0.2) is 60.8 Å². The molecule has 0 saturated carbocycles. The van der Waals surface area contributed by atoms with Crippen molar-refractivity contribution in [1.82, 2.24) is 15.2 Å². The molecule has 2 aromatic carbocycles. The zero-order chi connectivity index (χ0) is 20.2. The van der Waals surface area contributed by atoms with Crippen LogP contribution in [0.4, 0.5) is 0 Å². The van der Waals surface area contributed by atoms with Crippen LogP contribution in [-0.2, 0) is 16.0 Å². The monoisotopic (exact) mass is 391 g/mol. The predicted molar refractivity (Wildman–Crippen MR) is 116 cm³/mol. The van der Waals surface area contributed by atoms with E-state index in [2.05, 4.69) is 46.4 Å². The van der Waals surface area contributed by atoms with Gasteiger partial charge in [0.2, 0.25) is 5.91 Å². The lowest BCUT2D eigenvalue weighted by Crippen LogP contribution is -2.52. The quantitative estimate of drug-likeness (QED) is 0.674. The molecule has 3 atom stereocenters. The number of hydrogen-bond acceptors (Lipinski definition) is 3. The molecular weight excluding hydrogens is 362 g/mol. The number of rotatable bonds is 6. The van der Waals surface area contributed by atoms with E-state index >= 15 is 0 Å². The van der Waals surface area contributed by atoms with Crippen LogP contribution in [0.5, 0.6) is 0 Å². The molecule has 2 N–H and O–H groups in total. The Bertz CT molecular complexity index is 953. The average Bonchev–Trinajstić information content (AvgIpc) is 3.16. The summed E-state index contributed by atoms with van der Waals surface area (Å²) in [6, 6.07) is 18.3. The predicted octanol–water partition coefficient (Wildman–Crippen LogP) is 3.68. The Morgan fingerprint density at radius 2 is 1.93 bits per heavy atom. The highest BCUT2D eigenvalue weighted by atomic mass is 16.5. The maximum Gasteiger partial charge on any atom is 0.237 e. The van der Waals surface area contributed by atoms with Gasteiger partial charge in [0.15, 0.2) is 0 Å².